The van der Waals surface area contributed by atoms with Crippen molar-refractivity contribution in [1.82, 2.24) is 15.6 Å². The summed E-state index contributed by atoms with van der Waals surface area (Å²) in [6.45, 7) is 7.69. The normalized spacial score (nSPS) is 11.5. The molecule has 4 nitrogen and oxygen atoms in total. The zero-order chi connectivity index (χ0) is 15.2. The van der Waals surface area contributed by atoms with Gasteiger partial charge in [0.05, 0.1) is 17.2 Å². The van der Waals surface area contributed by atoms with E-state index < -0.39 is 0 Å². The smallest absolute Gasteiger partial charge is 0.191 e. The first-order valence-corrected chi connectivity index (χ1v) is 7.83. The van der Waals surface area contributed by atoms with Crippen LogP contribution in [0.3, 0.4) is 0 Å². The van der Waals surface area contributed by atoms with Gasteiger partial charge in [-0.25, -0.2) is 4.98 Å². The highest BCUT2D eigenvalue weighted by molar-refractivity contribution is 7.11. The quantitative estimate of drug-likeness (QED) is 0.674. The molecule has 2 aromatic rings. The lowest BCUT2D eigenvalue weighted by Crippen LogP contribution is -2.36. The van der Waals surface area contributed by atoms with Crippen LogP contribution in [0.5, 0.6) is 0 Å². The number of nitrogens with zero attached hydrogens (tertiary/aromatic N) is 2. The van der Waals surface area contributed by atoms with Crippen molar-refractivity contribution >= 4 is 17.3 Å². The van der Waals surface area contributed by atoms with Gasteiger partial charge in [0.25, 0.3) is 0 Å². The molecule has 0 spiro atoms. The molecular formula is C16H22N4S. The topological polar surface area (TPSA) is 49.3 Å². The Morgan fingerprint density at radius 2 is 1.76 bits per heavy atom. The van der Waals surface area contributed by atoms with Crippen LogP contribution in [-0.4, -0.2) is 18.0 Å². The average Bonchev–Trinajstić information content (AvgIpc) is 2.79. The summed E-state index contributed by atoms with van der Waals surface area (Å²) in [6, 6.07) is 8.51. The van der Waals surface area contributed by atoms with Gasteiger partial charge in [0, 0.05) is 18.5 Å². The third-order valence-corrected chi connectivity index (χ3v) is 4.29. The number of hydrogen-bond donors (Lipinski definition) is 2. The van der Waals surface area contributed by atoms with E-state index in [0.717, 1.165) is 29.8 Å². The van der Waals surface area contributed by atoms with Crippen molar-refractivity contribution < 1.29 is 0 Å². The fourth-order valence-electron chi connectivity index (χ4n) is 2.01. The van der Waals surface area contributed by atoms with Gasteiger partial charge in [-0.1, -0.05) is 29.8 Å². The Balaban J connectivity index is 1.86. The second kappa shape index (κ2) is 7.22. The molecule has 1 heterocycles. The Labute approximate surface area is 130 Å². The molecule has 0 atom stereocenters. The van der Waals surface area contributed by atoms with Crippen LogP contribution >= 0.6 is 11.3 Å². The number of aliphatic imine (C=N–C) groups is 1. The van der Waals surface area contributed by atoms with Crippen LogP contribution < -0.4 is 10.6 Å². The number of aryl methyl sites for hydroxylation is 3. The lowest BCUT2D eigenvalue weighted by molar-refractivity contribution is 0.811. The van der Waals surface area contributed by atoms with Crippen molar-refractivity contribution in [2.75, 3.05) is 7.05 Å². The van der Waals surface area contributed by atoms with Crippen molar-refractivity contribution in [3.63, 3.8) is 0 Å². The minimum absolute atomic E-state index is 0.755. The molecule has 0 fully saturated rings. The van der Waals surface area contributed by atoms with Crippen molar-refractivity contribution in [3.8, 4) is 0 Å². The zero-order valence-electron chi connectivity index (χ0n) is 13.0. The molecule has 0 unspecified atom stereocenters. The molecular weight excluding hydrogens is 280 g/mol. The Hall–Kier alpha value is -1.88. The molecule has 2 N–H and O–H groups in total. The van der Waals surface area contributed by atoms with Crippen LogP contribution in [0.4, 0.5) is 0 Å². The number of hydrogen-bond acceptors (Lipinski definition) is 3. The van der Waals surface area contributed by atoms with E-state index in [1.807, 2.05) is 13.8 Å². The van der Waals surface area contributed by atoms with E-state index in [1.165, 1.54) is 16.0 Å². The van der Waals surface area contributed by atoms with Gasteiger partial charge in [-0.15, -0.1) is 11.3 Å². The predicted molar refractivity (Wildman–Crippen MR) is 89.8 cm³/mol. The first-order valence-electron chi connectivity index (χ1n) is 7.01. The van der Waals surface area contributed by atoms with E-state index >= 15 is 0 Å². The van der Waals surface area contributed by atoms with Gasteiger partial charge in [0.15, 0.2) is 5.96 Å². The molecule has 21 heavy (non-hydrogen) atoms. The molecule has 1 aromatic carbocycles. The summed E-state index contributed by atoms with van der Waals surface area (Å²) in [7, 11) is 1.79. The highest BCUT2D eigenvalue weighted by atomic mass is 32.1. The Morgan fingerprint density at radius 1 is 1.10 bits per heavy atom. The number of aromatic nitrogens is 1. The van der Waals surface area contributed by atoms with E-state index in [2.05, 4.69) is 51.8 Å². The fourth-order valence-corrected chi connectivity index (χ4v) is 2.89. The van der Waals surface area contributed by atoms with E-state index in [-0.39, 0.29) is 0 Å². The Morgan fingerprint density at radius 3 is 2.33 bits per heavy atom. The maximum absolute atomic E-state index is 4.43. The molecule has 2 rings (SSSR count). The maximum atomic E-state index is 4.43. The van der Waals surface area contributed by atoms with Crippen LogP contribution in [0.1, 0.15) is 26.7 Å². The third kappa shape index (κ3) is 4.56. The molecule has 5 heteroatoms. The third-order valence-electron chi connectivity index (χ3n) is 3.22. The van der Waals surface area contributed by atoms with Crippen LogP contribution in [0.25, 0.3) is 0 Å². The van der Waals surface area contributed by atoms with E-state index in [9.17, 15) is 0 Å². The van der Waals surface area contributed by atoms with Gasteiger partial charge in [0.2, 0.25) is 0 Å². The zero-order valence-corrected chi connectivity index (χ0v) is 13.8. The molecule has 0 aliphatic carbocycles. The van der Waals surface area contributed by atoms with Gasteiger partial charge in [-0.05, 0) is 26.3 Å². The lowest BCUT2D eigenvalue weighted by atomic mass is 10.1. The standard InChI is InChI=1S/C16H22N4S/c1-11-5-7-14(8-6-11)9-18-16(17-4)19-10-15-12(2)20-13(3)21-15/h5-8H,9-10H2,1-4H3,(H2,17,18,19). The predicted octanol–water partition coefficient (Wildman–Crippen LogP) is 2.93. The largest absolute Gasteiger partial charge is 0.352 e. The first-order chi connectivity index (χ1) is 10.1. The summed E-state index contributed by atoms with van der Waals surface area (Å²) in [5, 5.41) is 7.76. The van der Waals surface area contributed by atoms with Crippen molar-refractivity contribution in [2.24, 2.45) is 4.99 Å². The number of nitrogens with one attached hydrogen (secondary N) is 2. The fraction of sp³-hybridized carbons (Fsp3) is 0.375. The monoisotopic (exact) mass is 302 g/mol. The van der Waals surface area contributed by atoms with E-state index in [1.54, 1.807) is 18.4 Å². The van der Waals surface area contributed by atoms with Gasteiger partial charge < -0.3 is 10.6 Å². The molecule has 0 bridgehead atoms. The van der Waals surface area contributed by atoms with Crippen molar-refractivity contribution in [2.45, 2.75) is 33.9 Å². The van der Waals surface area contributed by atoms with Crippen LogP contribution in [-0.2, 0) is 13.1 Å². The van der Waals surface area contributed by atoms with Gasteiger partial charge in [-0.3, -0.25) is 4.99 Å². The van der Waals surface area contributed by atoms with Gasteiger partial charge in [-0.2, -0.15) is 0 Å². The van der Waals surface area contributed by atoms with Gasteiger partial charge >= 0.3 is 0 Å². The second-order valence-electron chi connectivity index (χ2n) is 5.01. The molecule has 0 aliphatic rings. The van der Waals surface area contributed by atoms with Crippen LogP contribution in [0.15, 0.2) is 29.3 Å². The van der Waals surface area contributed by atoms with Crippen LogP contribution in [0.2, 0.25) is 0 Å². The summed E-state index contributed by atoms with van der Waals surface area (Å²) in [5.41, 5.74) is 3.62. The summed E-state index contributed by atoms with van der Waals surface area (Å²) in [5.74, 6) is 0.807. The molecule has 0 saturated heterocycles. The minimum atomic E-state index is 0.755. The Bertz CT molecular complexity index is 614. The van der Waals surface area contributed by atoms with Gasteiger partial charge in [0.1, 0.15) is 0 Å². The molecule has 0 aliphatic heterocycles. The molecule has 0 saturated carbocycles. The second-order valence-corrected chi connectivity index (χ2v) is 6.29. The maximum Gasteiger partial charge on any atom is 0.191 e. The average molecular weight is 302 g/mol. The molecule has 0 amide bonds. The van der Waals surface area contributed by atoms with Crippen LogP contribution in [0, 0.1) is 20.8 Å². The highest BCUT2D eigenvalue weighted by Crippen LogP contribution is 2.16. The van der Waals surface area contributed by atoms with E-state index in [0.29, 0.717) is 0 Å². The number of thiazole rings is 1. The number of rotatable bonds is 4. The highest BCUT2D eigenvalue weighted by Gasteiger charge is 2.05. The van der Waals surface area contributed by atoms with Crippen molar-refractivity contribution in [3.05, 3.63) is 51.0 Å². The molecule has 0 radical (unpaired) electrons. The first kappa shape index (κ1) is 15.5. The molecule has 112 valence electrons. The van der Waals surface area contributed by atoms with E-state index in [4.69, 9.17) is 0 Å². The Kier molecular flexibility index (Phi) is 5.33. The summed E-state index contributed by atoms with van der Waals surface area (Å²) < 4.78 is 0. The SMILES string of the molecule is CN=C(NCc1ccc(C)cc1)NCc1sc(C)nc1C. The summed E-state index contributed by atoms with van der Waals surface area (Å²) >= 11 is 1.73. The number of guanidine groups is 1. The molecule has 1 aromatic heterocycles. The lowest BCUT2D eigenvalue weighted by Gasteiger charge is -2.11. The number of benzene rings is 1. The summed E-state index contributed by atoms with van der Waals surface area (Å²) in [6.07, 6.45) is 0. The summed E-state index contributed by atoms with van der Waals surface area (Å²) in [4.78, 5) is 9.94. The minimum Gasteiger partial charge on any atom is -0.352 e. The van der Waals surface area contributed by atoms with Crippen molar-refractivity contribution in [1.29, 1.82) is 0 Å².